The maximum atomic E-state index is 6.26. The Labute approximate surface area is 254 Å². The van der Waals surface area contributed by atoms with E-state index in [1.165, 1.54) is 22.2 Å². The Morgan fingerprint density at radius 3 is 2.58 bits per heavy atom. The zero-order valence-corrected chi connectivity index (χ0v) is 25.4. The minimum absolute atomic E-state index is 0.571. The summed E-state index contributed by atoms with van der Waals surface area (Å²) in [5.74, 6) is 2.33. The molecule has 222 valence electrons. The number of fused-ring (bicyclic) bond motifs is 2. The number of rotatable bonds is 12. The first-order valence-corrected chi connectivity index (χ1v) is 15.6. The van der Waals surface area contributed by atoms with Crippen LogP contribution in [0.25, 0.3) is 21.8 Å². The number of ether oxygens (including phenoxy) is 1. The first-order valence-electron chi connectivity index (χ1n) is 15.6. The van der Waals surface area contributed by atoms with Crippen molar-refractivity contribution in [3.63, 3.8) is 0 Å². The Hall–Kier alpha value is -4.23. The van der Waals surface area contributed by atoms with E-state index in [1.54, 1.807) is 6.33 Å². The van der Waals surface area contributed by atoms with E-state index in [0.29, 0.717) is 5.92 Å². The first kappa shape index (κ1) is 28.9. The van der Waals surface area contributed by atoms with Gasteiger partial charge < -0.3 is 20.3 Å². The number of piperidine rings is 1. The third-order valence-electron chi connectivity index (χ3n) is 8.49. The summed E-state index contributed by atoms with van der Waals surface area (Å²) < 4.78 is 6.26. The van der Waals surface area contributed by atoms with E-state index < -0.39 is 0 Å². The second kappa shape index (κ2) is 13.8. The van der Waals surface area contributed by atoms with Crippen molar-refractivity contribution in [1.82, 2.24) is 19.9 Å². The number of pyridine rings is 1. The molecule has 43 heavy (non-hydrogen) atoms. The van der Waals surface area contributed by atoms with E-state index in [0.717, 1.165) is 98.7 Å². The number of benzene rings is 3. The van der Waals surface area contributed by atoms with Crippen molar-refractivity contribution >= 4 is 33.3 Å². The Bertz CT molecular complexity index is 1650. The molecular weight excluding hydrogens is 532 g/mol. The minimum atomic E-state index is 0.571. The molecule has 2 aromatic heterocycles. The standard InChI is InChI=1S/C36H42N6O/c1-26-8-6-12-31-33(22-27(2)41-35(26)31)37-18-21-42-19-15-29(16-20-42)24-43-30-13-14-32-34(23-30)39-25-40-36(32)38-17-7-11-28-9-4-3-5-10-28/h3-6,8-10,12-14,22-23,25,29H,7,11,15-21,24H2,1-2H3,(H,37,41)(H,38,39,40). The lowest BCUT2D eigenvalue weighted by Crippen LogP contribution is -2.38. The summed E-state index contributed by atoms with van der Waals surface area (Å²) in [4.78, 5) is 16.3. The molecule has 1 saturated heterocycles. The van der Waals surface area contributed by atoms with E-state index in [-0.39, 0.29) is 0 Å². The van der Waals surface area contributed by atoms with Crippen LogP contribution >= 0.6 is 0 Å². The van der Waals surface area contributed by atoms with Gasteiger partial charge in [0.15, 0.2) is 0 Å². The third-order valence-corrected chi connectivity index (χ3v) is 8.49. The molecule has 7 heteroatoms. The molecule has 2 N–H and O–H groups in total. The lowest BCUT2D eigenvalue weighted by molar-refractivity contribution is 0.145. The largest absolute Gasteiger partial charge is 0.493 e. The zero-order valence-electron chi connectivity index (χ0n) is 25.4. The van der Waals surface area contributed by atoms with E-state index in [9.17, 15) is 0 Å². The molecule has 3 aromatic carbocycles. The number of hydrogen-bond donors (Lipinski definition) is 2. The zero-order chi connectivity index (χ0) is 29.4. The first-order chi connectivity index (χ1) is 21.1. The number of hydrogen-bond acceptors (Lipinski definition) is 7. The molecule has 0 atom stereocenters. The number of aromatic nitrogens is 3. The molecule has 1 aliphatic rings. The Morgan fingerprint density at radius 2 is 1.72 bits per heavy atom. The average molecular weight is 575 g/mol. The molecule has 0 radical (unpaired) electrons. The predicted molar refractivity (Wildman–Crippen MR) is 177 cm³/mol. The van der Waals surface area contributed by atoms with Crippen molar-refractivity contribution in [2.45, 2.75) is 39.5 Å². The van der Waals surface area contributed by atoms with E-state index >= 15 is 0 Å². The summed E-state index contributed by atoms with van der Waals surface area (Å²) in [6.07, 6.45) is 6.04. The van der Waals surface area contributed by atoms with Crippen LogP contribution in [0.3, 0.4) is 0 Å². The maximum Gasteiger partial charge on any atom is 0.137 e. The molecule has 7 nitrogen and oxygen atoms in total. The van der Waals surface area contributed by atoms with Gasteiger partial charge in [0.1, 0.15) is 17.9 Å². The summed E-state index contributed by atoms with van der Waals surface area (Å²) in [7, 11) is 0. The normalized spacial score (nSPS) is 14.3. The van der Waals surface area contributed by atoms with Crippen molar-refractivity contribution in [2.75, 3.05) is 50.0 Å². The van der Waals surface area contributed by atoms with Crippen LogP contribution in [-0.4, -0.2) is 59.2 Å². The van der Waals surface area contributed by atoms with Gasteiger partial charge in [-0.15, -0.1) is 0 Å². The summed E-state index contributed by atoms with van der Waals surface area (Å²) in [5, 5.41) is 9.41. The van der Waals surface area contributed by atoms with Gasteiger partial charge in [0.2, 0.25) is 0 Å². The van der Waals surface area contributed by atoms with Crippen molar-refractivity contribution in [2.24, 2.45) is 5.92 Å². The molecule has 0 saturated carbocycles. The summed E-state index contributed by atoms with van der Waals surface area (Å²) >= 11 is 0. The molecule has 3 heterocycles. The topological polar surface area (TPSA) is 75.2 Å². The highest BCUT2D eigenvalue weighted by Crippen LogP contribution is 2.27. The van der Waals surface area contributed by atoms with Gasteiger partial charge in [-0.25, -0.2) is 9.97 Å². The summed E-state index contributed by atoms with van der Waals surface area (Å²) in [6, 6.07) is 25.3. The highest BCUT2D eigenvalue weighted by molar-refractivity contribution is 5.93. The van der Waals surface area contributed by atoms with Gasteiger partial charge in [-0.05, 0) is 87.9 Å². The molecule has 5 aromatic rings. The molecule has 1 aliphatic heterocycles. The SMILES string of the molecule is Cc1cc(NCCN2CCC(COc3ccc4c(NCCCc5ccccc5)ncnc4c3)CC2)c2cccc(C)c2n1. The molecule has 0 amide bonds. The number of anilines is 2. The number of nitrogens with one attached hydrogen (secondary N) is 2. The molecule has 6 rings (SSSR count). The fourth-order valence-corrected chi connectivity index (χ4v) is 6.02. The molecule has 0 spiro atoms. The van der Waals surface area contributed by atoms with Crippen LogP contribution in [0.4, 0.5) is 11.5 Å². The fraction of sp³-hybridized carbons (Fsp3) is 0.361. The smallest absolute Gasteiger partial charge is 0.137 e. The van der Waals surface area contributed by atoms with Gasteiger partial charge in [-0.1, -0.05) is 48.5 Å². The van der Waals surface area contributed by atoms with Gasteiger partial charge in [0, 0.05) is 47.9 Å². The monoisotopic (exact) mass is 574 g/mol. The maximum absolute atomic E-state index is 6.26. The molecule has 0 bridgehead atoms. The fourth-order valence-electron chi connectivity index (χ4n) is 6.02. The molecule has 0 aliphatic carbocycles. The van der Waals surface area contributed by atoms with Crippen LogP contribution in [-0.2, 0) is 6.42 Å². The number of likely N-dealkylation sites (tertiary alicyclic amines) is 1. The van der Waals surface area contributed by atoms with Crippen LogP contribution in [0.15, 0.2) is 79.1 Å². The Morgan fingerprint density at radius 1 is 0.860 bits per heavy atom. The van der Waals surface area contributed by atoms with Crippen LogP contribution in [0.1, 0.15) is 36.1 Å². The predicted octanol–water partition coefficient (Wildman–Crippen LogP) is 7.04. The number of para-hydroxylation sites is 1. The number of aryl methyl sites for hydroxylation is 3. The minimum Gasteiger partial charge on any atom is -0.493 e. The third kappa shape index (κ3) is 7.41. The Balaban J connectivity index is 0.940. The van der Waals surface area contributed by atoms with E-state index in [4.69, 9.17) is 9.72 Å². The van der Waals surface area contributed by atoms with Crippen molar-refractivity contribution in [1.29, 1.82) is 0 Å². The highest BCUT2D eigenvalue weighted by atomic mass is 16.5. The van der Waals surface area contributed by atoms with Crippen LogP contribution in [0.2, 0.25) is 0 Å². The van der Waals surface area contributed by atoms with Crippen LogP contribution in [0, 0.1) is 19.8 Å². The second-order valence-corrected chi connectivity index (χ2v) is 11.7. The summed E-state index contributed by atoms with van der Waals surface area (Å²) in [6.45, 7) is 9.99. The van der Waals surface area contributed by atoms with Crippen molar-refractivity contribution < 1.29 is 4.74 Å². The van der Waals surface area contributed by atoms with Crippen molar-refractivity contribution in [3.05, 3.63) is 95.9 Å². The van der Waals surface area contributed by atoms with Crippen molar-refractivity contribution in [3.8, 4) is 5.75 Å². The van der Waals surface area contributed by atoms with Gasteiger partial charge >= 0.3 is 0 Å². The van der Waals surface area contributed by atoms with Gasteiger partial charge in [0.05, 0.1) is 17.6 Å². The van der Waals surface area contributed by atoms with Gasteiger partial charge in [-0.2, -0.15) is 0 Å². The number of nitrogens with zero attached hydrogens (tertiary/aromatic N) is 4. The lowest BCUT2D eigenvalue weighted by Gasteiger charge is -2.32. The molecular formula is C36H42N6O. The average Bonchev–Trinajstić information content (AvgIpc) is 3.03. The lowest BCUT2D eigenvalue weighted by atomic mass is 9.98. The highest BCUT2D eigenvalue weighted by Gasteiger charge is 2.20. The van der Waals surface area contributed by atoms with E-state index in [1.807, 2.05) is 12.1 Å². The molecule has 1 fully saturated rings. The van der Waals surface area contributed by atoms with Crippen LogP contribution < -0.4 is 15.4 Å². The molecule has 0 unspecified atom stereocenters. The van der Waals surface area contributed by atoms with Gasteiger partial charge in [-0.3, -0.25) is 4.98 Å². The van der Waals surface area contributed by atoms with Gasteiger partial charge in [0.25, 0.3) is 0 Å². The summed E-state index contributed by atoms with van der Waals surface area (Å²) in [5.41, 5.74) is 6.82. The van der Waals surface area contributed by atoms with Crippen LogP contribution in [0.5, 0.6) is 5.75 Å². The van der Waals surface area contributed by atoms with E-state index in [2.05, 4.69) is 100 Å². The quantitative estimate of drug-likeness (QED) is 0.155. The second-order valence-electron chi connectivity index (χ2n) is 11.7. The Kier molecular flexibility index (Phi) is 9.28.